The van der Waals surface area contributed by atoms with E-state index in [1.54, 1.807) is 14.1 Å². The lowest BCUT2D eigenvalue weighted by Gasteiger charge is -2.42. The number of likely N-dealkylation sites (N-methyl/N-ethyl adjacent to an activating group) is 2. The molecule has 0 spiro atoms. The van der Waals surface area contributed by atoms with E-state index in [2.05, 4.69) is 0 Å². The molecule has 1 fully saturated rings. The van der Waals surface area contributed by atoms with Crippen molar-refractivity contribution in [1.29, 1.82) is 0 Å². The van der Waals surface area contributed by atoms with E-state index in [0.29, 0.717) is 6.54 Å². The molecule has 0 N–H and O–H groups in total. The molecule has 2 amide bonds. The number of piperazine rings is 1. The van der Waals surface area contributed by atoms with Crippen molar-refractivity contribution in [1.82, 2.24) is 9.80 Å². The smallest absolute Gasteiger partial charge is 0.312 e. The monoisotopic (exact) mass is 170 g/mol. The molecule has 4 heteroatoms. The van der Waals surface area contributed by atoms with Crippen molar-refractivity contribution >= 4 is 11.8 Å². The summed E-state index contributed by atoms with van der Waals surface area (Å²) in [4.78, 5) is 25.4. The summed E-state index contributed by atoms with van der Waals surface area (Å²) >= 11 is 0. The summed E-state index contributed by atoms with van der Waals surface area (Å²) in [6.07, 6.45) is 0. The van der Waals surface area contributed by atoms with E-state index < -0.39 is 11.8 Å². The summed E-state index contributed by atoms with van der Waals surface area (Å²) in [6, 6.07) is 0. The maximum Gasteiger partial charge on any atom is 0.312 e. The molecule has 0 radical (unpaired) electrons. The summed E-state index contributed by atoms with van der Waals surface area (Å²) in [7, 11) is 3.31. The van der Waals surface area contributed by atoms with E-state index in [4.69, 9.17) is 0 Å². The van der Waals surface area contributed by atoms with Crippen LogP contribution in [0.3, 0.4) is 0 Å². The standard InChI is InChI=1S/C8H14N2O2/c1-8(2)5-9(3)6(11)7(12)10(8)4/h5H2,1-4H3. The minimum atomic E-state index is -0.422. The van der Waals surface area contributed by atoms with Crippen LogP contribution in [-0.2, 0) is 9.59 Å². The summed E-state index contributed by atoms with van der Waals surface area (Å²) in [5, 5.41) is 0. The van der Waals surface area contributed by atoms with Crippen molar-refractivity contribution in [3.05, 3.63) is 0 Å². The van der Waals surface area contributed by atoms with Gasteiger partial charge in [-0.25, -0.2) is 0 Å². The molecule has 1 saturated heterocycles. The average Bonchev–Trinajstić information content (AvgIpc) is 1.97. The van der Waals surface area contributed by atoms with E-state index >= 15 is 0 Å². The van der Waals surface area contributed by atoms with Crippen LogP contribution in [0.15, 0.2) is 0 Å². The Labute approximate surface area is 72.1 Å². The largest absolute Gasteiger partial charge is 0.335 e. The molecular weight excluding hydrogens is 156 g/mol. The highest BCUT2D eigenvalue weighted by atomic mass is 16.2. The highest BCUT2D eigenvalue weighted by Crippen LogP contribution is 2.18. The van der Waals surface area contributed by atoms with Gasteiger partial charge < -0.3 is 9.80 Å². The summed E-state index contributed by atoms with van der Waals surface area (Å²) in [5.41, 5.74) is -0.250. The zero-order valence-corrected chi connectivity index (χ0v) is 7.92. The van der Waals surface area contributed by atoms with Gasteiger partial charge in [0.2, 0.25) is 0 Å². The molecule has 0 aromatic carbocycles. The van der Waals surface area contributed by atoms with Gasteiger partial charge in [0.05, 0.1) is 5.54 Å². The Morgan fingerprint density at radius 2 is 1.67 bits per heavy atom. The van der Waals surface area contributed by atoms with E-state index in [0.717, 1.165) is 0 Å². The number of rotatable bonds is 0. The van der Waals surface area contributed by atoms with Crippen molar-refractivity contribution in [2.24, 2.45) is 0 Å². The van der Waals surface area contributed by atoms with Gasteiger partial charge in [0.25, 0.3) is 0 Å². The first kappa shape index (κ1) is 9.03. The number of carbonyl (C=O) groups excluding carboxylic acids is 2. The topological polar surface area (TPSA) is 40.6 Å². The molecule has 12 heavy (non-hydrogen) atoms. The summed E-state index contributed by atoms with van der Waals surface area (Å²) in [6.45, 7) is 4.47. The predicted octanol–water partition coefficient (Wildman–Crippen LogP) is -0.305. The van der Waals surface area contributed by atoms with Gasteiger partial charge in [0.15, 0.2) is 0 Å². The third-order valence-electron chi connectivity index (χ3n) is 2.37. The quantitative estimate of drug-likeness (QED) is 0.468. The van der Waals surface area contributed by atoms with Crippen LogP contribution in [0.5, 0.6) is 0 Å². The average molecular weight is 170 g/mol. The Hall–Kier alpha value is -1.06. The van der Waals surface area contributed by atoms with Crippen molar-refractivity contribution in [3.63, 3.8) is 0 Å². The van der Waals surface area contributed by atoms with Crippen LogP contribution in [0, 0.1) is 0 Å². The lowest BCUT2D eigenvalue weighted by molar-refractivity contribution is -0.160. The van der Waals surface area contributed by atoms with Gasteiger partial charge in [-0.3, -0.25) is 9.59 Å². The fourth-order valence-corrected chi connectivity index (χ4v) is 1.34. The highest BCUT2D eigenvalue weighted by molar-refractivity contribution is 6.35. The van der Waals surface area contributed by atoms with Crippen molar-refractivity contribution in [3.8, 4) is 0 Å². The summed E-state index contributed by atoms with van der Waals surface area (Å²) in [5.74, 6) is -0.842. The van der Waals surface area contributed by atoms with Gasteiger partial charge >= 0.3 is 11.8 Å². The fourth-order valence-electron chi connectivity index (χ4n) is 1.34. The van der Waals surface area contributed by atoms with Crippen LogP contribution in [-0.4, -0.2) is 47.8 Å². The normalized spacial score (nSPS) is 23.3. The Balaban J connectivity index is 2.93. The summed E-state index contributed by atoms with van der Waals surface area (Å²) < 4.78 is 0. The Bertz CT molecular complexity index is 235. The molecule has 0 aromatic heterocycles. The van der Waals surface area contributed by atoms with Gasteiger partial charge in [0.1, 0.15) is 0 Å². The van der Waals surface area contributed by atoms with Crippen molar-refractivity contribution in [2.75, 3.05) is 20.6 Å². The second-order valence-electron chi connectivity index (χ2n) is 3.84. The fraction of sp³-hybridized carbons (Fsp3) is 0.750. The van der Waals surface area contributed by atoms with E-state index in [1.165, 1.54) is 9.80 Å². The van der Waals surface area contributed by atoms with Gasteiger partial charge in [-0.05, 0) is 13.8 Å². The molecular formula is C8H14N2O2. The van der Waals surface area contributed by atoms with Crippen LogP contribution < -0.4 is 0 Å². The lowest BCUT2D eigenvalue weighted by Crippen LogP contribution is -2.62. The van der Waals surface area contributed by atoms with Crippen LogP contribution in [0.1, 0.15) is 13.8 Å². The molecule has 68 valence electrons. The second kappa shape index (κ2) is 2.47. The van der Waals surface area contributed by atoms with Crippen LogP contribution in [0.4, 0.5) is 0 Å². The Morgan fingerprint density at radius 1 is 1.17 bits per heavy atom. The van der Waals surface area contributed by atoms with Crippen LogP contribution >= 0.6 is 0 Å². The second-order valence-corrected chi connectivity index (χ2v) is 3.84. The number of hydrogen-bond acceptors (Lipinski definition) is 2. The van der Waals surface area contributed by atoms with E-state index in [-0.39, 0.29) is 5.54 Å². The molecule has 0 unspecified atom stereocenters. The first-order valence-corrected chi connectivity index (χ1v) is 3.89. The molecule has 4 nitrogen and oxygen atoms in total. The molecule has 1 aliphatic heterocycles. The molecule has 0 aromatic rings. The van der Waals surface area contributed by atoms with Gasteiger partial charge in [-0.1, -0.05) is 0 Å². The Kier molecular flexibility index (Phi) is 1.86. The zero-order chi connectivity index (χ0) is 9.52. The SMILES string of the molecule is CN1CC(C)(C)N(C)C(=O)C1=O. The van der Waals surface area contributed by atoms with Gasteiger partial charge in [-0.15, -0.1) is 0 Å². The number of carbonyl (C=O) groups is 2. The molecule has 1 aliphatic rings. The molecule has 0 bridgehead atoms. The molecule has 1 rings (SSSR count). The van der Waals surface area contributed by atoms with Crippen LogP contribution in [0.25, 0.3) is 0 Å². The molecule has 1 heterocycles. The molecule has 0 aliphatic carbocycles. The van der Waals surface area contributed by atoms with Gasteiger partial charge in [0, 0.05) is 20.6 Å². The first-order valence-electron chi connectivity index (χ1n) is 3.89. The number of amides is 2. The Morgan fingerprint density at radius 3 is 2.17 bits per heavy atom. The number of nitrogens with zero attached hydrogens (tertiary/aromatic N) is 2. The maximum absolute atomic E-state index is 11.3. The minimum absolute atomic E-state index is 0.250. The van der Waals surface area contributed by atoms with Crippen molar-refractivity contribution in [2.45, 2.75) is 19.4 Å². The van der Waals surface area contributed by atoms with Gasteiger partial charge in [-0.2, -0.15) is 0 Å². The third-order valence-corrected chi connectivity index (χ3v) is 2.37. The van der Waals surface area contributed by atoms with Crippen molar-refractivity contribution < 1.29 is 9.59 Å². The molecule has 0 saturated carbocycles. The molecule has 0 atom stereocenters. The highest BCUT2D eigenvalue weighted by Gasteiger charge is 2.39. The number of hydrogen-bond donors (Lipinski definition) is 0. The lowest BCUT2D eigenvalue weighted by atomic mass is 10.00. The zero-order valence-electron chi connectivity index (χ0n) is 7.92. The minimum Gasteiger partial charge on any atom is -0.335 e. The predicted molar refractivity (Wildman–Crippen MR) is 44.5 cm³/mol. The third kappa shape index (κ3) is 1.17. The first-order chi connectivity index (χ1) is 5.36. The maximum atomic E-state index is 11.3. The van der Waals surface area contributed by atoms with Crippen LogP contribution in [0.2, 0.25) is 0 Å². The van der Waals surface area contributed by atoms with E-state index in [9.17, 15) is 9.59 Å². The van der Waals surface area contributed by atoms with E-state index in [1.807, 2.05) is 13.8 Å².